The van der Waals surface area contributed by atoms with Gasteiger partial charge in [-0.3, -0.25) is 9.59 Å². The summed E-state index contributed by atoms with van der Waals surface area (Å²) in [5, 5.41) is 5.84. The summed E-state index contributed by atoms with van der Waals surface area (Å²) in [5.74, 6) is 0.601. The molecule has 5 nitrogen and oxygen atoms in total. The topological polar surface area (TPSA) is 67.4 Å². The van der Waals surface area contributed by atoms with Crippen LogP contribution in [0, 0.1) is 6.92 Å². The first-order valence-corrected chi connectivity index (χ1v) is 10.0. The Bertz CT molecular complexity index is 796. The molecule has 2 amide bonds. The van der Waals surface area contributed by atoms with Gasteiger partial charge in [-0.1, -0.05) is 17.7 Å². The summed E-state index contributed by atoms with van der Waals surface area (Å²) in [6, 6.07) is 12.5. The molecule has 0 aliphatic carbocycles. The third-order valence-corrected chi connectivity index (χ3v) is 5.12. The van der Waals surface area contributed by atoms with Crippen LogP contribution in [0.25, 0.3) is 0 Å². The van der Waals surface area contributed by atoms with Crippen molar-refractivity contribution in [1.29, 1.82) is 0 Å². The first-order valence-electron chi connectivity index (χ1n) is 8.60. The largest absolute Gasteiger partial charge is 0.494 e. The number of nitrogens with one attached hydrogen (secondary N) is 2. The molecule has 0 heterocycles. The second-order valence-electron chi connectivity index (χ2n) is 5.91. The van der Waals surface area contributed by atoms with Crippen LogP contribution in [0.2, 0.25) is 5.02 Å². The number of rotatable bonds is 8. The number of thioether (sulfide) groups is 1. The molecule has 0 aromatic heterocycles. The molecule has 0 saturated heterocycles. The summed E-state index contributed by atoms with van der Waals surface area (Å²) in [6.07, 6.45) is 0. The molecule has 0 aliphatic heterocycles. The quantitative estimate of drug-likeness (QED) is 0.664. The molecule has 0 radical (unpaired) electrons. The molecular formula is C20H23ClN2O3S. The van der Waals surface area contributed by atoms with E-state index in [4.69, 9.17) is 16.3 Å². The number of carbonyl (C=O) groups is 2. The van der Waals surface area contributed by atoms with Gasteiger partial charge in [0, 0.05) is 16.4 Å². The maximum atomic E-state index is 12.3. The van der Waals surface area contributed by atoms with E-state index in [9.17, 15) is 9.59 Å². The van der Waals surface area contributed by atoms with Crippen LogP contribution < -0.4 is 15.4 Å². The van der Waals surface area contributed by atoms with E-state index >= 15 is 0 Å². The normalized spacial score (nSPS) is 11.6. The molecule has 2 rings (SSSR count). The average Bonchev–Trinajstić information content (AvgIpc) is 2.64. The second kappa shape index (κ2) is 10.2. The number of ether oxygens (including phenoxy) is 1. The first-order chi connectivity index (χ1) is 12.9. The van der Waals surface area contributed by atoms with Gasteiger partial charge in [-0.15, -0.1) is 11.8 Å². The monoisotopic (exact) mass is 406 g/mol. The highest BCUT2D eigenvalue weighted by molar-refractivity contribution is 8.01. The zero-order chi connectivity index (χ0) is 19.8. The highest BCUT2D eigenvalue weighted by Gasteiger charge is 2.16. The van der Waals surface area contributed by atoms with Crippen LogP contribution in [-0.2, 0) is 9.59 Å². The minimum absolute atomic E-state index is 0.164. The Morgan fingerprint density at radius 2 is 1.85 bits per heavy atom. The molecule has 2 aromatic rings. The third kappa shape index (κ3) is 6.81. The lowest BCUT2D eigenvalue weighted by molar-refractivity contribution is -0.115. The predicted molar refractivity (Wildman–Crippen MR) is 113 cm³/mol. The Balaban J connectivity index is 1.81. The molecule has 2 N–H and O–H groups in total. The molecule has 0 aliphatic rings. The number of anilines is 2. The highest BCUT2D eigenvalue weighted by Crippen LogP contribution is 2.22. The Labute approximate surface area is 168 Å². The summed E-state index contributed by atoms with van der Waals surface area (Å²) in [5.41, 5.74) is 2.30. The van der Waals surface area contributed by atoms with Crippen molar-refractivity contribution in [2.45, 2.75) is 26.0 Å². The smallest absolute Gasteiger partial charge is 0.237 e. The molecule has 1 atom stereocenters. The van der Waals surface area contributed by atoms with Gasteiger partial charge in [-0.05, 0) is 62.7 Å². The maximum absolute atomic E-state index is 12.3. The lowest BCUT2D eigenvalue weighted by Gasteiger charge is -2.14. The fourth-order valence-electron chi connectivity index (χ4n) is 2.24. The summed E-state index contributed by atoms with van der Waals surface area (Å²) in [6.45, 7) is 6.17. The summed E-state index contributed by atoms with van der Waals surface area (Å²) in [4.78, 5) is 24.4. The molecule has 27 heavy (non-hydrogen) atoms. The van der Waals surface area contributed by atoms with Gasteiger partial charge in [-0.25, -0.2) is 0 Å². The van der Waals surface area contributed by atoms with Crippen LogP contribution in [0.1, 0.15) is 19.4 Å². The number of hydrogen-bond donors (Lipinski definition) is 2. The Morgan fingerprint density at radius 1 is 1.15 bits per heavy atom. The van der Waals surface area contributed by atoms with Crippen molar-refractivity contribution in [2.75, 3.05) is 23.0 Å². The van der Waals surface area contributed by atoms with Gasteiger partial charge < -0.3 is 15.4 Å². The van der Waals surface area contributed by atoms with Gasteiger partial charge in [0.2, 0.25) is 11.8 Å². The minimum atomic E-state index is -0.380. The van der Waals surface area contributed by atoms with E-state index in [0.717, 1.165) is 11.3 Å². The molecule has 2 aromatic carbocycles. The van der Waals surface area contributed by atoms with Gasteiger partial charge >= 0.3 is 0 Å². The summed E-state index contributed by atoms with van der Waals surface area (Å²) < 4.78 is 5.37. The van der Waals surface area contributed by atoms with Crippen LogP contribution in [0.15, 0.2) is 42.5 Å². The van der Waals surface area contributed by atoms with Crippen molar-refractivity contribution in [2.24, 2.45) is 0 Å². The van der Waals surface area contributed by atoms with Crippen molar-refractivity contribution < 1.29 is 14.3 Å². The molecule has 0 bridgehead atoms. The zero-order valence-electron chi connectivity index (χ0n) is 15.5. The highest BCUT2D eigenvalue weighted by atomic mass is 35.5. The number of carbonyl (C=O) groups excluding carboxylic acids is 2. The van der Waals surface area contributed by atoms with E-state index in [-0.39, 0.29) is 22.8 Å². The number of amides is 2. The Morgan fingerprint density at radius 3 is 2.52 bits per heavy atom. The molecule has 0 saturated carbocycles. The Hall–Kier alpha value is -2.18. The van der Waals surface area contributed by atoms with Gasteiger partial charge in [0.05, 0.1) is 17.6 Å². The van der Waals surface area contributed by atoms with E-state index in [1.807, 2.05) is 19.9 Å². The van der Waals surface area contributed by atoms with Crippen LogP contribution in [0.5, 0.6) is 5.75 Å². The van der Waals surface area contributed by atoms with Crippen molar-refractivity contribution >= 4 is 46.6 Å². The van der Waals surface area contributed by atoms with Crippen molar-refractivity contribution in [3.63, 3.8) is 0 Å². The van der Waals surface area contributed by atoms with Crippen LogP contribution in [0.4, 0.5) is 11.4 Å². The summed E-state index contributed by atoms with van der Waals surface area (Å²) >= 11 is 7.24. The van der Waals surface area contributed by atoms with E-state index in [0.29, 0.717) is 23.0 Å². The van der Waals surface area contributed by atoms with E-state index in [1.165, 1.54) is 11.8 Å². The van der Waals surface area contributed by atoms with Gasteiger partial charge in [0.25, 0.3) is 0 Å². The number of hydrogen-bond acceptors (Lipinski definition) is 4. The zero-order valence-corrected chi connectivity index (χ0v) is 17.1. The molecule has 144 valence electrons. The summed E-state index contributed by atoms with van der Waals surface area (Å²) in [7, 11) is 0. The third-order valence-electron chi connectivity index (χ3n) is 3.74. The van der Waals surface area contributed by atoms with E-state index in [1.54, 1.807) is 43.3 Å². The second-order valence-corrected chi connectivity index (χ2v) is 7.67. The van der Waals surface area contributed by atoms with E-state index < -0.39 is 0 Å². The van der Waals surface area contributed by atoms with Crippen LogP contribution >= 0.6 is 23.4 Å². The predicted octanol–water partition coefficient (Wildman–Crippen LogP) is 4.75. The fourth-order valence-corrected chi connectivity index (χ4v) is 3.09. The fraction of sp³-hybridized carbons (Fsp3) is 0.300. The lowest BCUT2D eigenvalue weighted by Crippen LogP contribution is -2.25. The maximum Gasteiger partial charge on any atom is 0.237 e. The lowest BCUT2D eigenvalue weighted by atomic mass is 10.2. The minimum Gasteiger partial charge on any atom is -0.494 e. The molecule has 0 fully saturated rings. The Kier molecular flexibility index (Phi) is 8.00. The SMILES string of the molecule is CCOc1ccc(NC(=O)CS[C@@H](C)C(=O)Nc2cc(Cl)ccc2C)cc1. The molecular weight excluding hydrogens is 384 g/mol. The van der Waals surface area contributed by atoms with E-state index in [2.05, 4.69) is 10.6 Å². The van der Waals surface area contributed by atoms with Gasteiger partial charge in [0.15, 0.2) is 0 Å². The van der Waals surface area contributed by atoms with Gasteiger partial charge in [0.1, 0.15) is 5.75 Å². The van der Waals surface area contributed by atoms with Crippen molar-refractivity contribution in [3.8, 4) is 5.75 Å². The molecule has 0 unspecified atom stereocenters. The van der Waals surface area contributed by atoms with Gasteiger partial charge in [-0.2, -0.15) is 0 Å². The van der Waals surface area contributed by atoms with Crippen LogP contribution in [0.3, 0.4) is 0 Å². The number of benzene rings is 2. The first kappa shape index (κ1) is 21.1. The van der Waals surface area contributed by atoms with Crippen LogP contribution in [-0.4, -0.2) is 29.4 Å². The standard InChI is InChI=1S/C20H23ClN2O3S/c1-4-26-17-9-7-16(8-10-17)22-19(24)12-27-14(3)20(25)23-18-11-15(21)6-5-13(18)2/h5-11,14H,4,12H2,1-3H3,(H,22,24)(H,23,25)/t14-/m0/s1. The molecule has 0 spiro atoms. The number of halogens is 1. The average molecular weight is 407 g/mol. The van der Waals surface area contributed by atoms with Crippen molar-refractivity contribution in [3.05, 3.63) is 53.1 Å². The number of aryl methyl sites for hydroxylation is 1. The molecule has 7 heteroatoms. The van der Waals surface area contributed by atoms with Crippen molar-refractivity contribution in [1.82, 2.24) is 0 Å².